The molecule has 0 bridgehead atoms. The van der Waals surface area contributed by atoms with Crippen LogP contribution in [0.4, 0.5) is 0 Å². The van der Waals surface area contributed by atoms with Crippen LogP contribution in [0.1, 0.15) is 5.56 Å². The summed E-state index contributed by atoms with van der Waals surface area (Å²) in [6.07, 6.45) is 0. The van der Waals surface area contributed by atoms with E-state index in [2.05, 4.69) is 0 Å². The van der Waals surface area contributed by atoms with Crippen LogP contribution in [0.25, 0.3) is 22.4 Å². The Bertz CT molecular complexity index is 1050. The van der Waals surface area contributed by atoms with Crippen molar-refractivity contribution in [1.82, 2.24) is 14.5 Å². The van der Waals surface area contributed by atoms with Gasteiger partial charge < -0.3 is 9.47 Å². The van der Waals surface area contributed by atoms with Crippen LogP contribution >= 0.6 is 0 Å². The van der Waals surface area contributed by atoms with E-state index in [4.69, 9.17) is 4.98 Å². The van der Waals surface area contributed by atoms with E-state index in [-0.39, 0.29) is 12.5 Å². The van der Waals surface area contributed by atoms with E-state index in [1.165, 1.54) is 0 Å². The summed E-state index contributed by atoms with van der Waals surface area (Å²) in [5.41, 5.74) is 3.99. The van der Waals surface area contributed by atoms with Gasteiger partial charge in [0.1, 0.15) is 12.4 Å². The molecule has 3 aromatic carbocycles. The fourth-order valence-electron chi connectivity index (χ4n) is 3.24. The minimum Gasteiger partial charge on any atom is -0.340 e. The van der Waals surface area contributed by atoms with Crippen molar-refractivity contribution in [2.24, 2.45) is 0 Å². The Kier molecular flexibility index (Phi) is 4.71. The fourth-order valence-corrected chi connectivity index (χ4v) is 3.24. The average Bonchev–Trinajstić information content (AvgIpc) is 3.08. The molecule has 0 aliphatic carbocycles. The lowest BCUT2D eigenvalue weighted by Gasteiger charge is -2.19. The number of hydrogen-bond acceptors (Lipinski definition) is 2. The number of hydrogen-bond donors (Lipinski definition) is 0. The van der Waals surface area contributed by atoms with Gasteiger partial charge in [0.2, 0.25) is 5.91 Å². The summed E-state index contributed by atoms with van der Waals surface area (Å²) in [6.45, 7) is 0.848. The maximum Gasteiger partial charge on any atom is 0.242 e. The summed E-state index contributed by atoms with van der Waals surface area (Å²) in [7, 11) is 1.84. The molecule has 0 saturated carbocycles. The Morgan fingerprint density at radius 3 is 2.26 bits per heavy atom. The lowest BCUT2D eigenvalue weighted by Crippen LogP contribution is -2.30. The summed E-state index contributed by atoms with van der Waals surface area (Å²) >= 11 is 0. The molecule has 27 heavy (non-hydrogen) atoms. The van der Waals surface area contributed by atoms with Gasteiger partial charge in [-0.2, -0.15) is 0 Å². The normalized spacial score (nSPS) is 10.9. The van der Waals surface area contributed by atoms with Gasteiger partial charge in [-0.1, -0.05) is 72.8 Å². The number of benzene rings is 3. The van der Waals surface area contributed by atoms with Crippen molar-refractivity contribution in [2.75, 3.05) is 7.05 Å². The van der Waals surface area contributed by atoms with Gasteiger partial charge in [-0.25, -0.2) is 4.98 Å². The maximum atomic E-state index is 12.9. The van der Waals surface area contributed by atoms with Crippen molar-refractivity contribution in [3.63, 3.8) is 0 Å². The Morgan fingerprint density at radius 1 is 0.889 bits per heavy atom. The second kappa shape index (κ2) is 7.46. The van der Waals surface area contributed by atoms with Crippen LogP contribution in [0, 0.1) is 0 Å². The van der Waals surface area contributed by atoms with Gasteiger partial charge in [0, 0.05) is 19.2 Å². The summed E-state index contributed by atoms with van der Waals surface area (Å²) in [4.78, 5) is 19.5. The molecule has 4 aromatic rings. The van der Waals surface area contributed by atoms with Gasteiger partial charge in [0.05, 0.1) is 11.0 Å². The van der Waals surface area contributed by atoms with Gasteiger partial charge in [-0.3, -0.25) is 4.79 Å². The van der Waals surface area contributed by atoms with Crippen molar-refractivity contribution in [3.05, 3.63) is 90.5 Å². The molecule has 0 spiro atoms. The minimum atomic E-state index is 0.0548. The predicted octanol–water partition coefficient (Wildman–Crippen LogP) is 4.36. The number of carbonyl (C=O) groups is 1. The lowest BCUT2D eigenvalue weighted by atomic mass is 10.2. The van der Waals surface area contributed by atoms with Crippen LogP contribution in [-0.4, -0.2) is 27.4 Å². The number of para-hydroxylation sites is 2. The van der Waals surface area contributed by atoms with Crippen LogP contribution < -0.4 is 0 Å². The molecule has 1 aromatic heterocycles. The molecule has 4 nitrogen and oxygen atoms in total. The van der Waals surface area contributed by atoms with Crippen molar-refractivity contribution in [3.8, 4) is 11.4 Å². The summed E-state index contributed by atoms with van der Waals surface area (Å²) in [5.74, 6) is 0.873. The predicted molar refractivity (Wildman–Crippen MR) is 108 cm³/mol. The molecule has 134 valence electrons. The molecule has 1 heterocycles. The van der Waals surface area contributed by atoms with E-state index in [0.29, 0.717) is 6.54 Å². The number of nitrogens with zero attached hydrogens (tertiary/aromatic N) is 3. The highest BCUT2D eigenvalue weighted by molar-refractivity contribution is 5.84. The fraction of sp³-hybridized carbons (Fsp3) is 0.130. The standard InChI is InChI=1S/C23H21N3O/c1-25(16-18-10-4-2-5-11-18)22(27)17-26-21-15-9-8-14-20(21)24-23(26)19-12-6-3-7-13-19/h2-15H,16-17H2,1H3. The van der Waals surface area contributed by atoms with Crippen molar-refractivity contribution >= 4 is 16.9 Å². The number of imidazole rings is 1. The van der Waals surface area contributed by atoms with Crippen LogP contribution in [0.2, 0.25) is 0 Å². The summed E-state index contributed by atoms with van der Waals surface area (Å²) in [6, 6.07) is 28.0. The van der Waals surface area contributed by atoms with E-state index in [0.717, 1.165) is 28.0 Å². The van der Waals surface area contributed by atoms with Crippen molar-refractivity contribution < 1.29 is 4.79 Å². The number of amides is 1. The van der Waals surface area contributed by atoms with E-state index < -0.39 is 0 Å². The first-order chi connectivity index (χ1) is 13.2. The molecular formula is C23H21N3O. The number of fused-ring (bicyclic) bond motifs is 1. The third-order valence-electron chi connectivity index (χ3n) is 4.67. The van der Waals surface area contributed by atoms with Crippen LogP contribution in [0.5, 0.6) is 0 Å². The minimum absolute atomic E-state index is 0.0548. The van der Waals surface area contributed by atoms with Crippen LogP contribution in [-0.2, 0) is 17.9 Å². The molecule has 0 atom stereocenters. The van der Waals surface area contributed by atoms with E-state index in [9.17, 15) is 4.79 Å². The molecule has 0 fully saturated rings. The SMILES string of the molecule is CN(Cc1ccccc1)C(=O)Cn1c(-c2ccccc2)nc2ccccc21. The molecule has 0 aliphatic rings. The van der Waals surface area contributed by atoms with Crippen LogP contribution in [0.3, 0.4) is 0 Å². The number of likely N-dealkylation sites (N-methyl/N-ethyl adjacent to an activating group) is 1. The molecule has 1 amide bonds. The topological polar surface area (TPSA) is 38.1 Å². The van der Waals surface area contributed by atoms with E-state index in [1.54, 1.807) is 4.90 Å². The molecule has 0 saturated heterocycles. The number of aromatic nitrogens is 2. The lowest BCUT2D eigenvalue weighted by molar-refractivity contribution is -0.130. The Balaban J connectivity index is 1.65. The van der Waals surface area contributed by atoms with Gasteiger partial charge >= 0.3 is 0 Å². The van der Waals surface area contributed by atoms with E-state index >= 15 is 0 Å². The molecule has 0 unspecified atom stereocenters. The second-order valence-electron chi connectivity index (χ2n) is 6.61. The Labute approximate surface area is 158 Å². The molecular weight excluding hydrogens is 334 g/mol. The van der Waals surface area contributed by atoms with Gasteiger partial charge in [0.15, 0.2) is 0 Å². The largest absolute Gasteiger partial charge is 0.340 e. The first-order valence-corrected chi connectivity index (χ1v) is 9.01. The average molecular weight is 355 g/mol. The second-order valence-corrected chi connectivity index (χ2v) is 6.61. The zero-order valence-corrected chi connectivity index (χ0v) is 15.2. The van der Waals surface area contributed by atoms with Gasteiger partial charge in [-0.15, -0.1) is 0 Å². The number of carbonyl (C=O) groups excluding carboxylic acids is 1. The highest BCUT2D eigenvalue weighted by Crippen LogP contribution is 2.24. The van der Waals surface area contributed by atoms with E-state index in [1.807, 2.05) is 96.5 Å². The van der Waals surface area contributed by atoms with Gasteiger partial charge in [0.25, 0.3) is 0 Å². The quantitative estimate of drug-likeness (QED) is 0.533. The summed E-state index contributed by atoms with van der Waals surface area (Å²) in [5, 5.41) is 0. The molecule has 0 aliphatic heterocycles. The van der Waals surface area contributed by atoms with Gasteiger partial charge in [-0.05, 0) is 17.7 Å². The first kappa shape index (κ1) is 17.0. The highest BCUT2D eigenvalue weighted by atomic mass is 16.2. The third-order valence-corrected chi connectivity index (χ3v) is 4.67. The molecule has 0 N–H and O–H groups in total. The Morgan fingerprint density at radius 2 is 1.52 bits per heavy atom. The first-order valence-electron chi connectivity index (χ1n) is 9.01. The smallest absolute Gasteiger partial charge is 0.242 e. The zero-order valence-electron chi connectivity index (χ0n) is 15.2. The zero-order chi connectivity index (χ0) is 18.6. The summed E-state index contributed by atoms with van der Waals surface area (Å²) < 4.78 is 2.01. The highest BCUT2D eigenvalue weighted by Gasteiger charge is 2.17. The third kappa shape index (κ3) is 3.60. The maximum absolute atomic E-state index is 12.9. The van der Waals surface area contributed by atoms with Crippen LogP contribution in [0.15, 0.2) is 84.9 Å². The van der Waals surface area contributed by atoms with Crippen molar-refractivity contribution in [2.45, 2.75) is 13.1 Å². The number of rotatable bonds is 5. The molecule has 0 radical (unpaired) electrons. The Hall–Kier alpha value is -3.40. The molecule has 4 heteroatoms. The molecule has 4 rings (SSSR count). The van der Waals surface area contributed by atoms with Crippen molar-refractivity contribution in [1.29, 1.82) is 0 Å². The monoisotopic (exact) mass is 355 g/mol.